The Bertz CT molecular complexity index is 1770. The van der Waals surface area contributed by atoms with Crippen LogP contribution in [-0.4, -0.2) is 70.8 Å². The third kappa shape index (κ3) is 4.36. The number of likely N-dealkylation sites (N-methyl/N-ethyl adjacent to an activating group) is 1. The standard InChI is InChI=1S/C27H30ClN9O2/c1-15-9-18(16(2)31-21-5-6-22(28)32-24(21)25-29-14-36(33-25)7-8-38)23-19(10-15)27(39)35(4)26-20(23)11-30-37(26)17-12-34(3)13-17/h5-6,9-11,14,16-17,31,38H,7-8,12-13H2,1-4H3. The molecule has 5 aromatic rings. The molecule has 12 heteroatoms. The van der Waals surface area contributed by atoms with Gasteiger partial charge in [0.25, 0.3) is 5.56 Å². The minimum Gasteiger partial charge on any atom is -0.394 e. The summed E-state index contributed by atoms with van der Waals surface area (Å²) in [6.07, 6.45) is 3.44. The number of halogens is 1. The van der Waals surface area contributed by atoms with Crippen molar-refractivity contribution in [2.24, 2.45) is 7.05 Å². The molecule has 5 heterocycles. The van der Waals surface area contributed by atoms with Crippen LogP contribution in [0.15, 0.2) is 41.6 Å². The molecule has 1 aliphatic rings. The predicted octanol–water partition coefficient (Wildman–Crippen LogP) is 3.16. The van der Waals surface area contributed by atoms with Gasteiger partial charge in [0.05, 0.1) is 31.1 Å². The van der Waals surface area contributed by atoms with Crippen LogP contribution in [0.3, 0.4) is 0 Å². The van der Waals surface area contributed by atoms with E-state index in [1.54, 1.807) is 21.6 Å². The number of hydrogen-bond acceptors (Lipinski definition) is 8. The number of nitrogens with one attached hydrogen (secondary N) is 1. The van der Waals surface area contributed by atoms with Crippen LogP contribution in [-0.2, 0) is 13.6 Å². The van der Waals surface area contributed by atoms with E-state index in [1.165, 1.54) is 0 Å². The summed E-state index contributed by atoms with van der Waals surface area (Å²) in [6, 6.07) is 7.67. The van der Waals surface area contributed by atoms with E-state index < -0.39 is 0 Å². The monoisotopic (exact) mass is 547 g/mol. The maximum atomic E-state index is 13.6. The summed E-state index contributed by atoms with van der Waals surface area (Å²) < 4.78 is 5.27. The summed E-state index contributed by atoms with van der Waals surface area (Å²) >= 11 is 6.25. The molecule has 2 N–H and O–H groups in total. The van der Waals surface area contributed by atoms with Gasteiger partial charge in [-0.05, 0) is 50.2 Å². The zero-order valence-corrected chi connectivity index (χ0v) is 23.0. The predicted molar refractivity (Wildman–Crippen MR) is 151 cm³/mol. The molecule has 1 aliphatic heterocycles. The van der Waals surface area contributed by atoms with Crippen molar-refractivity contribution in [3.63, 3.8) is 0 Å². The SMILES string of the molecule is Cc1cc(C(C)Nc2ccc(Cl)nc2-c2ncn(CCO)n2)c2c(c1)c(=O)n(C)c1c2cnn1C1CN(C)C1. The van der Waals surface area contributed by atoms with Crippen molar-refractivity contribution in [1.29, 1.82) is 0 Å². The van der Waals surface area contributed by atoms with Crippen LogP contribution in [0.25, 0.3) is 33.3 Å². The molecule has 0 bridgehead atoms. The Morgan fingerprint density at radius 1 is 1.21 bits per heavy atom. The van der Waals surface area contributed by atoms with Gasteiger partial charge < -0.3 is 15.3 Å². The highest BCUT2D eigenvalue weighted by atomic mass is 35.5. The second kappa shape index (κ2) is 9.74. The van der Waals surface area contributed by atoms with E-state index in [4.69, 9.17) is 16.7 Å². The second-order valence-electron chi connectivity index (χ2n) is 10.3. The Kier molecular flexibility index (Phi) is 6.37. The fourth-order valence-electron chi connectivity index (χ4n) is 5.50. The topological polar surface area (TPSA) is 119 Å². The van der Waals surface area contributed by atoms with Crippen LogP contribution in [0.1, 0.15) is 30.1 Å². The number of aliphatic hydroxyl groups excluding tert-OH is 1. The van der Waals surface area contributed by atoms with Crippen molar-refractivity contribution >= 4 is 39.1 Å². The van der Waals surface area contributed by atoms with E-state index in [0.29, 0.717) is 34.3 Å². The van der Waals surface area contributed by atoms with Crippen LogP contribution < -0.4 is 10.9 Å². The molecule has 0 aliphatic carbocycles. The summed E-state index contributed by atoms with van der Waals surface area (Å²) in [5.74, 6) is 0.401. The molecule has 0 radical (unpaired) electrons. The van der Waals surface area contributed by atoms with Gasteiger partial charge >= 0.3 is 0 Å². The van der Waals surface area contributed by atoms with Gasteiger partial charge in [-0.15, -0.1) is 5.10 Å². The lowest BCUT2D eigenvalue weighted by atomic mass is 9.95. The molecule has 1 aromatic carbocycles. The first-order valence-electron chi connectivity index (χ1n) is 12.9. The molecule has 1 atom stereocenters. The Balaban J connectivity index is 1.47. The van der Waals surface area contributed by atoms with Gasteiger partial charge in [-0.3, -0.25) is 9.36 Å². The summed E-state index contributed by atoms with van der Waals surface area (Å²) in [5.41, 5.74) is 3.97. The van der Waals surface area contributed by atoms with E-state index in [0.717, 1.165) is 40.6 Å². The number of pyridine rings is 2. The first-order chi connectivity index (χ1) is 18.7. The van der Waals surface area contributed by atoms with Crippen LogP contribution in [0, 0.1) is 6.92 Å². The van der Waals surface area contributed by atoms with Crippen LogP contribution in [0.4, 0.5) is 5.69 Å². The third-order valence-electron chi connectivity index (χ3n) is 7.37. The lowest BCUT2D eigenvalue weighted by molar-refractivity contribution is 0.133. The molecule has 0 spiro atoms. The zero-order valence-electron chi connectivity index (χ0n) is 22.3. The Morgan fingerprint density at radius 3 is 2.74 bits per heavy atom. The van der Waals surface area contributed by atoms with Gasteiger partial charge in [-0.25, -0.2) is 19.3 Å². The average molecular weight is 548 g/mol. The number of rotatable bonds is 7. The molecule has 11 nitrogen and oxygen atoms in total. The van der Waals surface area contributed by atoms with Crippen molar-refractivity contribution in [3.05, 3.63) is 63.4 Å². The summed E-state index contributed by atoms with van der Waals surface area (Å²) in [5, 5.41) is 24.8. The molecule has 39 heavy (non-hydrogen) atoms. The van der Waals surface area contributed by atoms with Crippen molar-refractivity contribution in [2.75, 3.05) is 32.1 Å². The molecule has 1 unspecified atom stereocenters. The molecule has 6 rings (SSSR count). The van der Waals surface area contributed by atoms with Crippen molar-refractivity contribution in [2.45, 2.75) is 32.5 Å². The summed E-state index contributed by atoms with van der Waals surface area (Å²) in [6.45, 7) is 6.14. The molecule has 4 aromatic heterocycles. The molecular weight excluding hydrogens is 518 g/mol. The van der Waals surface area contributed by atoms with Crippen molar-refractivity contribution in [1.82, 2.24) is 39.0 Å². The average Bonchev–Trinajstić information content (AvgIpc) is 3.53. The molecule has 1 fully saturated rings. The van der Waals surface area contributed by atoms with E-state index in [2.05, 4.69) is 45.3 Å². The quantitative estimate of drug-likeness (QED) is 0.298. The Labute approximate surface area is 229 Å². The largest absolute Gasteiger partial charge is 0.394 e. The van der Waals surface area contributed by atoms with E-state index in [-0.39, 0.29) is 24.2 Å². The molecule has 0 amide bonds. The highest BCUT2D eigenvalue weighted by Gasteiger charge is 2.29. The second-order valence-corrected chi connectivity index (χ2v) is 10.7. The van der Waals surface area contributed by atoms with Gasteiger partial charge in [0.1, 0.15) is 22.8 Å². The lowest BCUT2D eigenvalue weighted by Crippen LogP contribution is -2.45. The Hall–Kier alpha value is -3.80. The van der Waals surface area contributed by atoms with Gasteiger partial charge in [0, 0.05) is 42.3 Å². The summed E-state index contributed by atoms with van der Waals surface area (Å²) in [7, 11) is 3.90. The number of aliphatic hydroxyl groups is 1. The minimum atomic E-state index is -0.206. The van der Waals surface area contributed by atoms with Gasteiger partial charge in [-0.2, -0.15) is 5.10 Å². The molecule has 202 valence electrons. The first kappa shape index (κ1) is 25.5. The highest BCUT2D eigenvalue weighted by Crippen LogP contribution is 2.35. The minimum absolute atomic E-state index is 0.0449. The van der Waals surface area contributed by atoms with E-state index in [9.17, 15) is 9.90 Å². The van der Waals surface area contributed by atoms with Gasteiger partial charge in [0.2, 0.25) is 5.82 Å². The highest BCUT2D eigenvalue weighted by molar-refractivity contribution is 6.29. The number of aryl methyl sites for hydroxylation is 2. The fourth-order valence-corrected chi connectivity index (χ4v) is 5.65. The zero-order chi connectivity index (χ0) is 27.4. The van der Waals surface area contributed by atoms with Crippen molar-refractivity contribution in [3.8, 4) is 11.5 Å². The van der Waals surface area contributed by atoms with Crippen LogP contribution >= 0.6 is 11.6 Å². The number of benzene rings is 1. The van der Waals surface area contributed by atoms with Gasteiger partial charge in [0.15, 0.2) is 0 Å². The normalized spacial score (nSPS) is 15.2. The Morgan fingerprint density at radius 2 is 2.00 bits per heavy atom. The van der Waals surface area contributed by atoms with Crippen LogP contribution in [0.2, 0.25) is 5.15 Å². The number of hydrogen-bond donors (Lipinski definition) is 2. The lowest BCUT2D eigenvalue weighted by Gasteiger charge is -2.36. The van der Waals surface area contributed by atoms with E-state index >= 15 is 0 Å². The van der Waals surface area contributed by atoms with E-state index in [1.807, 2.05) is 37.0 Å². The number of aromatic nitrogens is 7. The molecule has 1 saturated heterocycles. The smallest absolute Gasteiger partial charge is 0.259 e. The number of nitrogens with zero attached hydrogens (tertiary/aromatic N) is 8. The van der Waals surface area contributed by atoms with Gasteiger partial charge in [-0.1, -0.05) is 17.7 Å². The fraction of sp³-hybridized carbons (Fsp3) is 0.370. The maximum Gasteiger partial charge on any atom is 0.259 e. The van der Waals surface area contributed by atoms with Crippen molar-refractivity contribution < 1.29 is 5.11 Å². The third-order valence-corrected chi connectivity index (χ3v) is 7.58. The number of likely N-dealkylation sites (tertiary alicyclic amines) is 1. The maximum absolute atomic E-state index is 13.6. The summed E-state index contributed by atoms with van der Waals surface area (Å²) in [4.78, 5) is 24.7. The first-order valence-corrected chi connectivity index (χ1v) is 13.3. The number of anilines is 1. The molecular formula is C27H30ClN9O2. The number of fused-ring (bicyclic) bond motifs is 3. The van der Waals surface area contributed by atoms with Crippen LogP contribution in [0.5, 0.6) is 0 Å². The molecule has 0 saturated carbocycles.